The lowest BCUT2D eigenvalue weighted by Crippen LogP contribution is -2.25. The number of benzene rings is 1. The van der Waals surface area contributed by atoms with Crippen LogP contribution in [0.3, 0.4) is 0 Å². The van der Waals surface area contributed by atoms with Crippen LogP contribution in [0.1, 0.15) is 11.3 Å². The van der Waals surface area contributed by atoms with Crippen molar-refractivity contribution in [2.75, 3.05) is 11.9 Å². The Morgan fingerprint density at radius 2 is 1.90 bits per heavy atom. The number of rotatable bonds is 3. The van der Waals surface area contributed by atoms with Crippen LogP contribution < -0.4 is 10.5 Å². The zero-order valence-electron chi connectivity index (χ0n) is 10.9. The Bertz CT molecular complexity index is 682. The lowest BCUT2D eigenvalue weighted by Gasteiger charge is -2.18. The molecule has 2 aromatic rings. The van der Waals surface area contributed by atoms with Crippen LogP contribution in [0, 0.1) is 0 Å². The number of nitrogens with one attached hydrogen (secondary N) is 1. The van der Waals surface area contributed by atoms with Crippen LogP contribution in [0.5, 0.6) is 0 Å². The summed E-state index contributed by atoms with van der Waals surface area (Å²) < 4.78 is 37.9. The number of hydrogen-bond donors (Lipinski definition) is 1. The number of aromatic nitrogens is 2. The smallest absolute Gasteiger partial charge is 0.341 e. The van der Waals surface area contributed by atoms with E-state index < -0.39 is 17.4 Å². The maximum absolute atomic E-state index is 12.6. The predicted octanol–water partition coefficient (Wildman–Crippen LogP) is 3.08. The molecule has 0 aliphatic carbocycles. The van der Waals surface area contributed by atoms with E-state index in [-0.39, 0.29) is 12.5 Å². The number of aromatic amines is 1. The van der Waals surface area contributed by atoms with Crippen LogP contribution in [-0.2, 0) is 12.7 Å². The molecule has 1 heterocycles. The molecule has 0 unspecified atom stereocenters. The van der Waals surface area contributed by atoms with Crippen molar-refractivity contribution in [3.63, 3.8) is 0 Å². The molecule has 0 saturated heterocycles. The molecule has 0 aliphatic rings. The van der Waals surface area contributed by atoms with Crippen molar-refractivity contribution in [3.8, 4) is 0 Å². The molecule has 0 bridgehead atoms. The van der Waals surface area contributed by atoms with E-state index in [0.29, 0.717) is 11.1 Å². The van der Waals surface area contributed by atoms with Gasteiger partial charge in [0, 0.05) is 24.7 Å². The summed E-state index contributed by atoms with van der Waals surface area (Å²) in [5.74, 6) is -0.148. The highest BCUT2D eigenvalue weighted by Gasteiger charge is 2.33. The molecule has 2 rings (SSSR count). The molecular weight excluding hydrogens is 307 g/mol. The second-order valence-electron chi connectivity index (χ2n) is 4.43. The SMILES string of the molecule is CN(Cc1ccc(Cl)cc1)c1nc(C(F)(F)F)cc(=O)[nH]1. The van der Waals surface area contributed by atoms with Crippen molar-refractivity contribution < 1.29 is 13.2 Å². The van der Waals surface area contributed by atoms with Crippen molar-refractivity contribution in [1.82, 2.24) is 9.97 Å². The van der Waals surface area contributed by atoms with Gasteiger partial charge in [0.2, 0.25) is 5.95 Å². The van der Waals surface area contributed by atoms with Crippen LogP contribution in [0.2, 0.25) is 5.02 Å². The average Bonchev–Trinajstić information content (AvgIpc) is 2.39. The molecule has 0 spiro atoms. The Balaban J connectivity index is 2.26. The van der Waals surface area contributed by atoms with E-state index in [1.165, 1.54) is 11.9 Å². The minimum absolute atomic E-state index is 0.148. The van der Waals surface area contributed by atoms with E-state index in [9.17, 15) is 18.0 Å². The van der Waals surface area contributed by atoms with Crippen LogP contribution >= 0.6 is 11.6 Å². The number of hydrogen-bond acceptors (Lipinski definition) is 3. The van der Waals surface area contributed by atoms with Gasteiger partial charge in [-0.15, -0.1) is 0 Å². The molecule has 112 valence electrons. The minimum Gasteiger partial charge on any atom is -0.341 e. The normalized spacial score (nSPS) is 11.5. The van der Waals surface area contributed by atoms with E-state index in [2.05, 4.69) is 9.97 Å². The third-order valence-corrected chi connectivity index (χ3v) is 2.97. The van der Waals surface area contributed by atoms with Crippen molar-refractivity contribution in [2.24, 2.45) is 0 Å². The maximum Gasteiger partial charge on any atom is 0.433 e. The predicted molar refractivity (Wildman–Crippen MR) is 73.4 cm³/mol. The maximum atomic E-state index is 12.6. The fraction of sp³-hybridized carbons (Fsp3) is 0.231. The van der Waals surface area contributed by atoms with Crippen LogP contribution in [0.15, 0.2) is 35.1 Å². The summed E-state index contributed by atoms with van der Waals surface area (Å²) >= 11 is 5.76. The first-order chi connectivity index (χ1) is 9.75. The van der Waals surface area contributed by atoms with Gasteiger partial charge in [-0.2, -0.15) is 13.2 Å². The van der Waals surface area contributed by atoms with Crippen molar-refractivity contribution >= 4 is 17.5 Å². The van der Waals surface area contributed by atoms with Crippen LogP contribution in [0.4, 0.5) is 19.1 Å². The Kier molecular flexibility index (Phi) is 4.22. The van der Waals surface area contributed by atoms with Gasteiger partial charge in [0.25, 0.3) is 5.56 Å². The number of nitrogens with zero attached hydrogens (tertiary/aromatic N) is 2. The Labute approximate surface area is 123 Å². The molecule has 4 nitrogen and oxygen atoms in total. The lowest BCUT2D eigenvalue weighted by molar-refractivity contribution is -0.141. The van der Waals surface area contributed by atoms with Gasteiger partial charge in [-0.3, -0.25) is 9.78 Å². The second kappa shape index (κ2) is 5.77. The van der Waals surface area contributed by atoms with Crippen LogP contribution in [0.25, 0.3) is 0 Å². The molecule has 0 aliphatic heterocycles. The summed E-state index contributed by atoms with van der Waals surface area (Å²) in [4.78, 5) is 18.5. The van der Waals surface area contributed by atoms with Gasteiger partial charge in [-0.25, -0.2) is 4.98 Å². The van der Waals surface area contributed by atoms with Gasteiger partial charge >= 0.3 is 6.18 Å². The molecule has 0 radical (unpaired) electrons. The van der Waals surface area contributed by atoms with Crippen molar-refractivity contribution in [2.45, 2.75) is 12.7 Å². The summed E-state index contributed by atoms with van der Waals surface area (Å²) in [6, 6.07) is 7.26. The molecule has 1 aromatic carbocycles. The molecule has 0 atom stereocenters. The molecule has 0 saturated carbocycles. The van der Waals surface area contributed by atoms with Gasteiger partial charge < -0.3 is 4.90 Å². The van der Waals surface area contributed by atoms with Gasteiger partial charge in [0.05, 0.1) is 0 Å². The van der Waals surface area contributed by atoms with E-state index in [4.69, 9.17) is 11.6 Å². The summed E-state index contributed by atoms with van der Waals surface area (Å²) in [6.07, 6.45) is -4.66. The largest absolute Gasteiger partial charge is 0.433 e. The van der Waals surface area contributed by atoms with Crippen molar-refractivity contribution in [1.29, 1.82) is 0 Å². The highest BCUT2D eigenvalue weighted by molar-refractivity contribution is 6.30. The zero-order chi connectivity index (χ0) is 15.6. The summed E-state index contributed by atoms with van der Waals surface area (Å²) in [5.41, 5.74) is -1.25. The summed E-state index contributed by atoms with van der Waals surface area (Å²) in [7, 11) is 1.53. The van der Waals surface area contributed by atoms with Gasteiger partial charge in [0.15, 0.2) is 5.69 Å². The molecule has 1 N–H and O–H groups in total. The highest BCUT2D eigenvalue weighted by atomic mass is 35.5. The average molecular weight is 318 g/mol. The third kappa shape index (κ3) is 3.98. The zero-order valence-corrected chi connectivity index (χ0v) is 11.7. The molecule has 0 fully saturated rings. The Morgan fingerprint density at radius 1 is 1.29 bits per heavy atom. The van der Waals surface area contributed by atoms with Gasteiger partial charge in [-0.05, 0) is 17.7 Å². The number of H-pyrrole nitrogens is 1. The summed E-state index contributed by atoms with van der Waals surface area (Å²) in [5, 5.41) is 0.562. The highest BCUT2D eigenvalue weighted by Crippen LogP contribution is 2.27. The Morgan fingerprint density at radius 3 is 2.48 bits per heavy atom. The molecule has 8 heteroatoms. The van der Waals surface area contributed by atoms with Gasteiger partial charge in [-0.1, -0.05) is 23.7 Å². The molecule has 1 aromatic heterocycles. The van der Waals surface area contributed by atoms with Crippen molar-refractivity contribution in [3.05, 3.63) is 57.0 Å². The second-order valence-corrected chi connectivity index (χ2v) is 4.87. The Hall–Kier alpha value is -2.02. The molecular formula is C13H11ClF3N3O. The first-order valence-corrected chi connectivity index (χ1v) is 6.27. The number of anilines is 1. The van der Waals surface area contributed by atoms with E-state index in [0.717, 1.165) is 5.56 Å². The quantitative estimate of drug-likeness (QED) is 0.946. The fourth-order valence-electron chi connectivity index (χ4n) is 1.71. The minimum atomic E-state index is -4.66. The van der Waals surface area contributed by atoms with Crippen LogP contribution in [-0.4, -0.2) is 17.0 Å². The summed E-state index contributed by atoms with van der Waals surface area (Å²) in [6.45, 7) is 0.279. The monoisotopic (exact) mass is 317 g/mol. The van der Waals surface area contributed by atoms with Gasteiger partial charge in [0.1, 0.15) is 0 Å². The van der Waals surface area contributed by atoms with E-state index in [1.807, 2.05) is 0 Å². The third-order valence-electron chi connectivity index (χ3n) is 2.71. The lowest BCUT2D eigenvalue weighted by atomic mass is 10.2. The standard InChI is InChI=1S/C13H11ClF3N3O/c1-20(7-8-2-4-9(14)5-3-8)12-18-10(13(15,16)17)6-11(21)19-12/h2-6H,7H2,1H3,(H,18,19,21). The van der Waals surface area contributed by atoms with E-state index in [1.54, 1.807) is 24.3 Å². The first-order valence-electron chi connectivity index (χ1n) is 5.90. The molecule has 0 amide bonds. The first kappa shape index (κ1) is 15.4. The number of alkyl halides is 3. The number of halogens is 4. The van der Waals surface area contributed by atoms with E-state index >= 15 is 0 Å². The topological polar surface area (TPSA) is 49.0 Å². The fourth-order valence-corrected chi connectivity index (χ4v) is 1.84. The molecule has 21 heavy (non-hydrogen) atoms.